The molecule has 0 saturated carbocycles. The molecule has 2 amide bonds. The van der Waals surface area contributed by atoms with Gasteiger partial charge in [-0.2, -0.15) is 0 Å². The highest BCUT2D eigenvalue weighted by Gasteiger charge is 2.23. The van der Waals surface area contributed by atoms with Gasteiger partial charge in [-0.15, -0.1) is 0 Å². The van der Waals surface area contributed by atoms with Gasteiger partial charge in [-0.25, -0.2) is 9.59 Å². The van der Waals surface area contributed by atoms with Crippen molar-refractivity contribution in [2.75, 3.05) is 5.32 Å². The summed E-state index contributed by atoms with van der Waals surface area (Å²) in [6.45, 7) is 5.34. The van der Waals surface area contributed by atoms with Crippen molar-refractivity contribution >= 4 is 33.6 Å². The number of amides is 2. The number of aliphatic carboxylic acids is 1. The van der Waals surface area contributed by atoms with Crippen molar-refractivity contribution in [1.29, 1.82) is 0 Å². The molecule has 0 heterocycles. The molecule has 0 aliphatic heterocycles. The third-order valence-electron chi connectivity index (χ3n) is 2.67. The summed E-state index contributed by atoms with van der Waals surface area (Å²) in [6.07, 6.45) is 0. The van der Waals surface area contributed by atoms with Gasteiger partial charge in [-0.05, 0) is 30.5 Å². The molecule has 0 bridgehead atoms. The molecule has 1 atom stereocenters. The lowest BCUT2D eigenvalue weighted by Crippen LogP contribution is -2.46. The molecule has 1 aromatic rings. The molecule has 0 radical (unpaired) electrons. The Bertz CT molecular complexity index is 489. The number of hydrogen-bond acceptors (Lipinski definition) is 2. The zero-order chi connectivity index (χ0) is 14.6. The predicted molar refractivity (Wildman–Crippen MR) is 77.3 cm³/mol. The van der Waals surface area contributed by atoms with E-state index in [-0.39, 0.29) is 5.92 Å². The van der Waals surface area contributed by atoms with E-state index in [0.717, 1.165) is 10.0 Å². The van der Waals surface area contributed by atoms with Gasteiger partial charge in [0.1, 0.15) is 6.04 Å². The van der Waals surface area contributed by atoms with Crippen molar-refractivity contribution in [3.8, 4) is 0 Å². The summed E-state index contributed by atoms with van der Waals surface area (Å²) in [5.74, 6) is -1.23. The van der Waals surface area contributed by atoms with E-state index < -0.39 is 18.0 Å². The molecule has 1 aromatic carbocycles. The summed E-state index contributed by atoms with van der Waals surface area (Å²) in [5.41, 5.74) is 1.54. The average Bonchev–Trinajstić information content (AvgIpc) is 2.30. The summed E-state index contributed by atoms with van der Waals surface area (Å²) < 4.78 is 0.840. The number of carboxylic acids is 1. The molecule has 3 N–H and O–H groups in total. The van der Waals surface area contributed by atoms with Crippen LogP contribution in [-0.4, -0.2) is 23.1 Å². The van der Waals surface area contributed by atoms with Gasteiger partial charge < -0.3 is 15.7 Å². The Morgan fingerprint density at radius 1 is 1.32 bits per heavy atom. The van der Waals surface area contributed by atoms with Crippen LogP contribution in [0.3, 0.4) is 0 Å². The smallest absolute Gasteiger partial charge is 0.326 e. The number of carbonyl (C=O) groups excluding carboxylic acids is 1. The summed E-state index contributed by atoms with van der Waals surface area (Å²) >= 11 is 3.32. The first-order valence-electron chi connectivity index (χ1n) is 5.87. The maximum Gasteiger partial charge on any atom is 0.326 e. The Kier molecular flexibility index (Phi) is 5.35. The molecule has 1 rings (SSSR count). The van der Waals surface area contributed by atoms with E-state index in [1.807, 2.05) is 19.1 Å². The van der Waals surface area contributed by atoms with Crippen molar-refractivity contribution in [2.24, 2.45) is 5.92 Å². The fourth-order valence-corrected chi connectivity index (χ4v) is 1.90. The molecule has 5 nitrogen and oxygen atoms in total. The number of anilines is 1. The summed E-state index contributed by atoms with van der Waals surface area (Å²) in [4.78, 5) is 22.8. The Morgan fingerprint density at radius 3 is 2.47 bits per heavy atom. The molecule has 104 valence electrons. The van der Waals surface area contributed by atoms with Crippen LogP contribution in [0.25, 0.3) is 0 Å². The lowest BCUT2D eigenvalue weighted by atomic mass is 10.1. The first-order chi connectivity index (χ1) is 8.81. The van der Waals surface area contributed by atoms with E-state index in [0.29, 0.717) is 5.69 Å². The monoisotopic (exact) mass is 328 g/mol. The number of benzene rings is 1. The fourth-order valence-electron chi connectivity index (χ4n) is 1.54. The van der Waals surface area contributed by atoms with Crippen molar-refractivity contribution in [2.45, 2.75) is 26.8 Å². The highest BCUT2D eigenvalue weighted by Crippen LogP contribution is 2.20. The van der Waals surface area contributed by atoms with Gasteiger partial charge in [-0.1, -0.05) is 35.8 Å². The minimum atomic E-state index is -1.05. The number of halogens is 1. The number of aryl methyl sites for hydroxylation is 1. The van der Waals surface area contributed by atoms with Gasteiger partial charge in [-0.3, -0.25) is 0 Å². The predicted octanol–water partition coefficient (Wildman–Crippen LogP) is 2.99. The van der Waals surface area contributed by atoms with Crippen LogP contribution in [0.4, 0.5) is 10.5 Å². The maximum atomic E-state index is 11.8. The molecule has 0 fully saturated rings. The van der Waals surface area contributed by atoms with Crippen LogP contribution >= 0.6 is 15.9 Å². The number of urea groups is 1. The zero-order valence-electron chi connectivity index (χ0n) is 11.0. The molecule has 19 heavy (non-hydrogen) atoms. The highest BCUT2D eigenvalue weighted by molar-refractivity contribution is 9.10. The van der Waals surface area contributed by atoms with Crippen LogP contribution in [0, 0.1) is 12.8 Å². The van der Waals surface area contributed by atoms with Crippen molar-refractivity contribution in [1.82, 2.24) is 5.32 Å². The van der Waals surface area contributed by atoms with E-state index in [4.69, 9.17) is 5.11 Å². The van der Waals surface area contributed by atoms with Crippen LogP contribution in [0.2, 0.25) is 0 Å². The van der Waals surface area contributed by atoms with Gasteiger partial charge in [0.2, 0.25) is 0 Å². The number of nitrogens with one attached hydrogen (secondary N) is 2. The van der Waals surface area contributed by atoms with Gasteiger partial charge >= 0.3 is 12.0 Å². The first-order valence-corrected chi connectivity index (χ1v) is 6.67. The standard InChI is InChI=1S/C13H17BrN2O3/c1-7(2)11(12(17)18)16-13(19)15-10-6-9(14)5-4-8(10)3/h4-7,11H,1-3H3,(H,17,18)(H2,15,16,19)/t11-/m0/s1. The van der Waals surface area contributed by atoms with Crippen LogP contribution < -0.4 is 10.6 Å². The van der Waals surface area contributed by atoms with Gasteiger partial charge in [0.25, 0.3) is 0 Å². The molecule has 0 unspecified atom stereocenters. The Balaban J connectivity index is 2.74. The van der Waals surface area contributed by atoms with E-state index in [1.165, 1.54) is 0 Å². The number of carbonyl (C=O) groups is 2. The Morgan fingerprint density at radius 2 is 1.95 bits per heavy atom. The van der Waals surface area contributed by atoms with Gasteiger partial charge in [0.15, 0.2) is 0 Å². The lowest BCUT2D eigenvalue weighted by Gasteiger charge is -2.18. The Labute approximate surface area is 120 Å². The van der Waals surface area contributed by atoms with Crippen molar-refractivity contribution in [3.63, 3.8) is 0 Å². The van der Waals surface area contributed by atoms with Crippen LogP contribution in [0.1, 0.15) is 19.4 Å². The second-order valence-corrected chi connectivity index (χ2v) is 5.53. The van der Waals surface area contributed by atoms with Crippen molar-refractivity contribution < 1.29 is 14.7 Å². The zero-order valence-corrected chi connectivity index (χ0v) is 12.6. The molecule has 0 aliphatic rings. The first kappa shape index (κ1) is 15.5. The van der Waals surface area contributed by atoms with Gasteiger partial charge in [0.05, 0.1) is 0 Å². The van der Waals surface area contributed by atoms with Gasteiger partial charge in [0, 0.05) is 10.2 Å². The van der Waals surface area contributed by atoms with Crippen LogP contribution in [0.15, 0.2) is 22.7 Å². The summed E-state index contributed by atoms with van der Waals surface area (Å²) in [6, 6.07) is 4.05. The number of hydrogen-bond donors (Lipinski definition) is 3. The normalized spacial score (nSPS) is 12.1. The maximum absolute atomic E-state index is 11.8. The minimum Gasteiger partial charge on any atom is -0.480 e. The SMILES string of the molecule is Cc1ccc(Br)cc1NC(=O)N[C@H](C(=O)O)C(C)C. The van der Waals surface area contributed by atoms with E-state index in [2.05, 4.69) is 26.6 Å². The van der Waals surface area contributed by atoms with Crippen LogP contribution in [0.5, 0.6) is 0 Å². The van der Waals surface area contributed by atoms with Crippen molar-refractivity contribution in [3.05, 3.63) is 28.2 Å². The second-order valence-electron chi connectivity index (χ2n) is 4.62. The topological polar surface area (TPSA) is 78.4 Å². The molecule has 0 saturated heterocycles. The molecule has 0 aromatic heterocycles. The summed E-state index contributed by atoms with van der Waals surface area (Å²) in [5, 5.41) is 14.1. The highest BCUT2D eigenvalue weighted by atomic mass is 79.9. The third kappa shape index (κ3) is 4.55. The molecule has 6 heteroatoms. The quantitative estimate of drug-likeness (QED) is 0.795. The summed E-state index contributed by atoms with van der Waals surface area (Å²) in [7, 11) is 0. The molecule has 0 spiro atoms. The minimum absolute atomic E-state index is 0.188. The fraction of sp³-hybridized carbons (Fsp3) is 0.385. The number of rotatable bonds is 4. The van der Waals surface area contributed by atoms with E-state index in [9.17, 15) is 9.59 Å². The molecular formula is C13H17BrN2O3. The molecule has 0 aliphatic carbocycles. The average molecular weight is 329 g/mol. The van der Waals surface area contributed by atoms with E-state index in [1.54, 1.807) is 19.9 Å². The largest absolute Gasteiger partial charge is 0.480 e. The number of carboxylic acid groups (broad SMARTS) is 1. The second kappa shape index (κ2) is 6.56. The molecular weight excluding hydrogens is 312 g/mol. The lowest BCUT2D eigenvalue weighted by molar-refractivity contribution is -0.140. The van der Waals surface area contributed by atoms with E-state index >= 15 is 0 Å². The third-order valence-corrected chi connectivity index (χ3v) is 3.16. The Hall–Kier alpha value is -1.56. The van der Waals surface area contributed by atoms with Crippen LogP contribution in [-0.2, 0) is 4.79 Å².